The van der Waals surface area contributed by atoms with Crippen LogP contribution < -0.4 is 5.32 Å². The number of piperazine rings is 1. The van der Waals surface area contributed by atoms with E-state index in [-0.39, 0.29) is 31.0 Å². The third kappa shape index (κ3) is 3.89. The molecule has 23 heavy (non-hydrogen) atoms. The quantitative estimate of drug-likeness (QED) is 0.785. The zero-order valence-corrected chi connectivity index (χ0v) is 13.9. The highest BCUT2D eigenvalue weighted by molar-refractivity contribution is 7.89. The smallest absolute Gasteiger partial charge is 0.307 e. The first-order valence-corrected chi connectivity index (χ1v) is 8.82. The van der Waals surface area contributed by atoms with E-state index < -0.39 is 27.9 Å². The first-order chi connectivity index (χ1) is 10.9. The summed E-state index contributed by atoms with van der Waals surface area (Å²) in [5.74, 6) is -1.08. The second-order valence-corrected chi connectivity index (χ2v) is 7.14. The number of ether oxygens (including phenoxy) is 1. The van der Waals surface area contributed by atoms with Crippen LogP contribution in [0, 0.1) is 6.92 Å². The highest BCUT2D eigenvalue weighted by atomic mass is 32.2. The molecule has 1 atom stereocenters. The van der Waals surface area contributed by atoms with Gasteiger partial charge >= 0.3 is 5.97 Å². The van der Waals surface area contributed by atoms with Crippen LogP contribution in [-0.4, -0.2) is 50.3 Å². The van der Waals surface area contributed by atoms with Crippen molar-refractivity contribution in [2.24, 2.45) is 0 Å². The van der Waals surface area contributed by atoms with Crippen LogP contribution in [0.2, 0.25) is 0 Å². The Morgan fingerprint density at radius 1 is 1.35 bits per heavy atom. The van der Waals surface area contributed by atoms with Crippen molar-refractivity contribution in [3.8, 4) is 0 Å². The van der Waals surface area contributed by atoms with Gasteiger partial charge in [0.05, 0.1) is 17.9 Å². The SMILES string of the molecule is CCOC(=O)C[C@@H]1C(=O)NCCN1S(=O)(=O)c1ccc(C)cc1. The Balaban J connectivity index is 2.30. The van der Waals surface area contributed by atoms with Crippen molar-refractivity contribution in [1.82, 2.24) is 9.62 Å². The van der Waals surface area contributed by atoms with Crippen LogP contribution in [0.3, 0.4) is 0 Å². The van der Waals surface area contributed by atoms with E-state index in [1.54, 1.807) is 19.1 Å². The molecule has 1 fully saturated rings. The maximum Gasteiger partial charge on any atom is 0.307 e. The summed E-state index contributed by atoms with van der Waals surface area (Å²) in [4.78, 5) is 23.8. The maximum absolute atomic E-state index is 12.8. The molecular formula is C15H20N2O5S. The molecule has 7 nitrogen and oxygen atoms in total. The lowest BCUT2D eigenvalue weighted by atomic mass is 10.1. The van der Waals surface area contributed by atoms with E-state index in [4.69, 9.17) is 4.74 Å². The van der Waals surface area contributed by atoms with Crippen molar-refractivity contribution < 1.29 is 22.7 Å². The minimum Gasteiger partial charge on any atom is -0.466 e. The third-order valence-electron chi connectivity index (χ3n) is 3.57. The number of nitrogens with zero attached hydrogens (tertiary/aromatic N) is 1. The number of sulfonamides is 1. The number of esters is 1. The van der Waals surface area contributed by atoms with Crippen molar-refractivity contribution in [2.45, 2.75) is 31.2 Å². The molecule has 1 aromatic carbocycles. The van der Waals surface area contributed by atoms with Gasteiger partial charge in [0.15, 0.2) is 0 Å². The van der Waals surface area contributed by atoms with Gasteiger partial charge in [0.25, 0.3) is 0 Å². The zero-order chi connectivity index (χ0) is 17.0. The predicted molar refractivity (Wildman–Crippen MR) is 83.1 cm³/mol. The summed E-state index contributed by atoms with van der Waals surface area (Å²) in [5, 5.41) is 2.59. The Labute approximate surface area is 135 Å². The predicted octanol–water partition coefficient (Wildman–Crippen LogP) is 0.437. The van der Waals surface area contributed by atoms with Gasteiger partial charge in [0.1, 0.15) is 6.04 Å². The van der Waals surface area contributed by atoms with Gasteiger partial charge in [0, 0.05) is 13.1 Å². The van der Waals surface area contributed by atoms with E-state index in [1.807, 2.05) is 6.92 Å². The molecule has 2 rings (SSSR count). The number of hydrogen-bond donors (Lipinski definition) is 1. The van der Waals surface area contributed by atoms with Crippen LogP contribution in [0.4, 0.5) is 0 Å². The maximum atomic E-state index is 12.8. The fourth-order valence-electron chi connectivity index (χ4n) is 2.40. The van der Waals surface area contributed by atoms with E-state index in [0.29, 0.717) is 0 Å². The Hall–Kier alpha value is -1.93. The number of hydrogen-bond acceptors (Lipinski definition) is 5. The number of rotatable bonds is 5. The first-order valence-electron chi connectivity index (χ1n) is 7.38. The molecule has 1 saturated heterocycles. The number of carbonyl (C=O) groups excluding carboxylic acids is 2. The van der Waals surface area contributed by atoms with Gasteiger partial charge in [-0.1, -0.05) is 17.7 Å². The molecule has 0 unspecified atom stereocenters. The molecule has 0 aromatic heterocycles. The topological polar surface area (TPSA) is 92.8 Å². The molecular weight excluding hydrogens is 320 g/mol. The van der Waals surface area contributed by atoms with Gasteiger partial charge in [0.2, 0.25) is 15.9 Å². The van der Waals surface area contributed by atoms with E-state index in [9.17, 15) is 18.0 Å². The largest absolute Gasteiger partial charge is 0.466 e. The lowest BCUT2D eigenvalue weighted by Gasteiger charge is -2.33. The van der Waals surface area contributed by atoms with E-state index in [1.165, 1.54) is 12.1 Å². The molecule has 0 aliphatic carbocycles. The second kappa shape index (κ2) is 7.10. The average molecular weight is 340 g/mol. The molecule has 0 radical (unpaired) electrons. The van der Waals surface area contributed by atoms with Gasteiger partial charge in [-0.15, -0.1) is 0 Å². The minimum absolute atomic E-state index is 0.103. The van der Waals surface area contributed by atoms with Crippen molar-refractivity contribution in [1.29, 1.82) is 0 Å². The first kappa shape index (κ1) is 17.4. The molecule has 1 heterocycles. The highest BCUT2D eigenvalue weighted by Crippen LogP contribution is 2.22. The molecule has 0 spiro atoms. The van der Waals surface area contributed by atoms with Crippen molar-refractivity contribution >= 4 is 21.9 Å². The number of benzene rings is 1. The Kier molecular flexibility index (Phi) is 5.38. The van der Waals surface area contributed by atoms with E-state index in [2.05, 4.69) is 5.32 Å². The summed E-state index contributed by atoms with van der Waals surface area (Å²) in [7, 11) is -3.86. The standard InChI is InChI=1S/C15H20N2O5S/c1-3-22-14(18)10-13-15(19)16-8-9-17(13)23(20,21)12-6-4-11(2)5-7-12/h4-7,13H,3,8-10H2,1-2H3,(H,16,19)/t13-/m1/s1. The molecule has 1 N–H and O–H groups in total. The lowest BCUT2D eigenvalue weighted by Crippen LogP contribution is -2.57. The highest BCUT2D eigenvalue weighted by Gasteiger charge is 2.39. The summed E-state index contributed by atoms with van der Waals surface area (Å²) in [6.07, 6.45) is -0.301. The molecule has 0 saturated carbocycles. The molecule has 1 aliphatic rings. The van der Waals surface area contributed by atoms with Crippen molar-refractivity contribution in [2.75, 3.05) is 19.7 Å². The summed E-state index contributed by atoms with van der Waals surface area (Å²) in [6.45, 7) is 4.01. The van der Waals surface area contributed by atoms with Crippen molar-refractivity contribution in [3.05, 3.63) is 29.8 Å². The molecule has 0 bridgehead atoms. The van der Waals surface area contributed by atoms with Gasteiger partial charge in [-0.25, -0.2) is 8.42 Å². The Morgan fingerprint density at radius 2 is 2.00 bits per heavy atom. The van der Waals surface area contributed by atoms with Crippen molar-refractivity contribution in [3.63, 3.8) is 0 Å². The number of carbonyl (C=O) groups is 2. The zero-order valence-electron chi connectivity index (χ0n) is 13.1. The van der Waals surface area contributed by atoms with Gasteiger partial charge in [-0.2, -0.15) is 4.31 Å². The van der Waals surface area contributed by atoms with Crippen LogP contribution in [0.1, 0.15) is 18.9 Å². The molecule has 126 valence electrons. The van der Waals surface area contributed by atoms with Crippen LogP contribution in [-0.2, 0) is 24.3 Å². The van der Waals surface area contributed by atoms with E-state index in [0.717, 1.165) is 9.87 Å². The van der Waals surface area contributed by atoms with Crippen LogP contribution in [0.25, 0.3) is 0 Å². The average Bonchev–Trinajstić information content (AvgIpc) is 2.50. The normalized spacial score (nSPS) is 19.2. The fraction of sp³-hybridized carbons (Fsp3) is 0.467. The monoisotopic (exact) mass is 340 g/mol. The number of amides is 1. The molecule has 1 aromatic rings. The van der Waals surface area contributed by atoms with Gasteiger partial charge < -0.3 is 10.1 Å². The van der Waals surface area contributed by atoms with Gasteiger partial charge in [-0.3, -0.25) is 9.59 Å². The Bertz CT molecular complexity index is 684. The van der Waals surface area contributed by atoms with Crippen LogP contribution in [0.15, 0.2) is 29.2 Å². The Morgan fingerprint density at radius 3 is 2.61 bits per heavy atom. The van der Waals surface area contributed by atoms with E-state index >= 15 is 0 Å². The summed E-state index contributed by atoms with van der Waals surface area (Å²) in [5.41, 5.74) is 0.934. The van der Waals surface area contributed by atoms with Gasteiger partial charge in [-0.05, 0) is 26.0 Å². The minimum atomic E-state index is -3.86. The number of nitrogens with one attached hydrogen (secondary N) is 1. The summed E-state index contributed by atoms with van der Waals surface area (Å²) < 4.78 is 31.5. The second-order valence-electron chi connectivity index (χ2n) is 5.24. The fourth-order valence-corrected chi connectivity index (χ4v) is 3.99. The molecule has 1 amide bonds. The lowest BCUT2D eigenvalue weighted by molar-refractivity contribution is -0.146. The molecule has 8 heteroatoms. The van der Waals surface area contributed by atoms with Crippen LogP contribution in [0.5, 0.6) is 0 Å². The van der Waals surface area contributed by atoms with Crippen LogP contribution >= 0.6 is 0 Å². The molecule has 1 aliphatic heterocycles. The third-order valence-corrected chi connectivity index (χ3v) is 5.50. The summed E-state index contributed by atoms with van der Waals surface area (Å²) >= 11 is 0. The number of aryl methyl sites for hydroxylation is 1. The summed E-state index contributed by atoms with van der Waals surface area (Å²) in [6, 6.07) is 5.29.